The van der Waals surface area contributed by atoms with Crippen molar-refractivity contribution in [2.24, 2.45) is 0 Å². The van der Waals surface area contributed by atoms with Crippen LogP contribution in [0.1, 0.15) is 34.8 Å². The van der Waals surface area contributed by atoms with Crippen LogP contribution in [0.3, 0.4) is 0 Å². The maximum Gasteiger partial charge on any atom is 0.164 e. The summed E-state index contributed by atoms with van der Waals surface area (Å²) in [5.41, 5.74) is 3.38. The van der Waals surface area contributed by atoms with E-state index in [-0.39, 0.29) is 5.78 Å². The van der Waals surface area contributed by atoms with Crippen LogP contribution in [0.15, 0.2) is 42.7 Å². The van der Waals surface area contributed by atoms with Crippen molar-refractivity contribution in [2.45, 2.75) is 26.8 Å². The molecular weight excluding hydrogens is 210 g/mol. The van der Waals surface area contributed by atoms with Crippen LogP contribution >= 0.6 is 0 Å². The summed E-state index contributed by atoms with van der Waals surface area (Å²) in [6, 6.07) is 10.2. The monoisotopic (exact) mass is 227 g/mol. The molecule has 0 radical (unpaired) electrons. The molecule has 0 bridgehead atoms. The highest BCUT2D eigenvalue weighted by Gasteiger charge is 2.05. The van der Waals surface area contributed by atoms with E-state index in [1.165, 1.54) is 11.1 Å². The van der Waals surface area contributed by atoms with E-state index in [0.717, 1.165) is 12.1 Å². The minimum atomic E-state index is 0.202. The Labute approximate surface area is 102 Å². The van der Waals surface area contributed by atoms with Gasteiger partial charge >= 0.3 is 0 Å². The van der Waals surface area contributed by atoms with Crippen molar-refractivity contribution in [1.82, 2.24) is 4.57 Å². The second-order valence-electron chi connectivity index (χ2n) is 4.28. The van der Waals surface area contributed by atoms with Gasteiger partial charge in [0.2, 0.25) is 0 Å². The molecule has 0 atom stereocenters. The molecule has 0 fully saturated rings. The number of ketones is 1. The number of rotatable bonds is 4. The third kappa shape index (κ3) is 2.64. The number of nitrogens with zero attached hydrogens (tertiary/aromatic N) is 1. The van der Waals surface area contributed by atoms with Gasteiger partial charge in [-0.05, 0) is 24.1 Å². The fourth-order valence-corrected chi connectivity index (χ4v) is 1.89. The molecule has 0 amide bonds. The zero-order valence-electron chi connectivity index (χ0n) is 10.3. The van der Waals surface area contributed by atoms with E-state index in [0.29, 0.717) is 6.42 Å². The van der Waals surface area contributed by atoms with Gasteiger partial charge in [0.15, 0.2) is 5.78 Å². The molecule has 0 N–H and O–H groups in total. The average Bonchev–Trinajstić information content (AvgIpc) is 2.80. The summed E-state index contributed by atoms with van der Waals surface area (Å²) >= 11 is 0. The standard InChI is InChI=1S/C15H17NO/c1-3-15(17)14-8-9-16(11-14)10-13-7-5-4-6-12(13)2/h4-9,11H,3,10H2,1-2H3. The van der Waals surface area contributed by atoms with Crippen molar-refractivity contribution in [3.8, 4) is 0 Å². The molecule has 0 aliphatic heterocycles. The number of aryl methyl sites for hydroxylation is 1. The fraction of sp³-hybridized carbons (Fsp3) is 0.267. The minimum absolute atomic E-state index is 0.202. The van der Waals surface area contributed by atoms with E-state index >= 15 is 0 Å². The summed E-state index contributed by atoms with van der Waals surface area (Å²) in [4.78, 5) is 11.5. The predicted octanol–water partition coefficient (Wildman–Crippen LogP) is 3.44. The highest BCUT2D eigenvalue weighted by Crippen LogP contribution is 2.11. The summed E-state index contributed by atoms with van der Waals surface area (Å²) in [5, 5.41) is 0. The molecule has 0 spiro atoms. The summed E-state index contributed by atoms with van der Waals surface area (Å²) in [7, 11) is 0. The van der Waals surface area contributed by atoms with Crippen LogP contribution < -0.4 is 0 Å². The molecule has 2 nitrogen and oxygen atoms in total. The van der Waals surface area contributed by atoms with Crippen LogP contribution in [-0.4, -0.2) is 10.4 Å². The maximum atomic E-state index is 11.5. The molecule has 1 heterocycles. The number of benzene rings is 1. The summed E-state index contributed by atoms with van der Waals surface area (Å²) in [6.07, 6.45) is 4.46. The second-order valence-corrected chi connectivity index (χ2v) is 4.28. The molecule has 2 rings (SSSR count). The Kier molecular flexibility index (Phi) is 3.43. The first-order chi connectivity index (χ1) is 8.20. The largest absolute Gasteiger partial charge is 0.349 e. The first-order valence-corrected chi connectivity index (χ1v) is 5.94. The molecule has 2 heteroatoms. The molecule has 1 aromatic carbocycles. The van der Waals surface area contributed by atoms with Crippen LogP contribution in [0.2, 0.25) is 0 Å². The van der Waals surface area contributed by atoms with Crippen LogP contribution in [0.5, 0.6) is 0 Å². The van der Waals surface area contributed by atoms with E-state index < -0.39 is 0 Å². The van der Waals surface area contributed by atoms with Gasteiger partial charge < -0.3 is 4.57 Å². The van der Waals surface area contributed by atoms with Crippen molar-refractivity contribution in [2.75, 3.05) is 0 Å². The fourth-order valence-electron chi connectivity index (χ4n) is 1.89. The molecule has 1 aromatic heterocycles. The van der Waals surface area contributed by atoms with Gasteiger partial charge in [-0.25, -0.2) is 0 Å². The average molecular weight is 227 g/mol. The molecule has 0 aliphatic carbocycles. The van der Waals surface area contributed by atoms with E-state index in [9.17, 15) is 4.79 Å². The lowest BCUT2D eigenvalue weighted by Crippen LogP contribution is -1.99. The number of hydrogen-bond acceptors (Lipinski definition) is 1. The Morgan fingerprint density at radius 3 is 2.71 bits per heavy atom. The molecule has 2 aromatic rings. The zero-order chi connectivity index (χ0) is 12.3. The quantitative estimate of drug-likeness (QED) is 0.733. The van der Waals surface area contributed by atoms with Gasteiger partial charge in [0.05, 0.1) is 0 Å². The summed E-state index contributed by atoms with van der Waals surface area (Å²) in [6.45, 7) is 4.82. The third-order valence-electron chi connectivity index (χ3n) is 3.01. The van der Waals surface area contributed by atoms with Crippen molar-refractivity contribution in [1.29, 1.82) is 0 Å². The topological polar surface area (TPSA) is 22.0 Å². The van der Waals surface area contributed by atoms with Crippen molar-refractivity contribution >= 4 is 5.78 Å². The molecule has 0 saturated heterocycles. The number of aromatic nitrogens is 1. The maximum absolute atomic E-state index is 11.5. The summed E-state index contributed by atoms with van der Waals surface area (Å²) < 4.78 is 2.06. The number of Topliss-reactive ketones (excluding diaryl/α,β-unsaturated/α-hetero) is 1. The van der Waals surface area contributed by atoms with Gasteiger partial charge in [0.25, 0.3) is 0 Å². The minimum Gasteiger partial charge on any atom is -0.349 e. The van der Waals surface area contributed by atoms with Crippen LogP contribution in [-0.2, 0) is 6.54 Å². The Morgan fingerprint density at radius 2 is 2.00 bits per heavy atom. The lowest BCUT2D eigenvalue weighted by molar-refractivity contribution is 0.0988. The third-order valence-corrected chi connectivity index (χ3v) is 3.01. The molecule has 0 aliphatic rings. The highest BCUT2D eigenvalue weighted by molar-refractivity contribution is 5.95. The molecular formula is C15H17NO. The van der Waals surface area contributed by atoms with E-state index in [4.69, 9.17) is 0 Å². The Hall–Kier alpha value is -1.83. The van der Waals surface area contributed by atoms with Gasteiger partial charge in [0, 0.05) is 30.9 Å². The number of carbonyl (C=O) groups excluding carboxylic acids is 1. The molecule has 17 heavy (non-hydrogen) atoms. The van der Waals surface area contributed by atoms with Gasteiger partial charge in [0.1, 0.15) is 0 Å². The Bertz CT molecular complexity index is 525. The first-order valence-electron chi connectivity index (χ1n) is 5.94. The van der Waals surface area contributed by atoms with E-state index in [2.05, 4.69) is 23.6 Å². The normalized spacial score (nSPS) is 10.5. The zero-order valence-corrected chi connectivity index (χ0v) is 10.3. The second kappa shape index (κ2) is 5.00. The Balaban J connectivity index is 2.17. The van der Waals surface area contributed by atoms with Gasteiger partial charge in [-0.2, -0.15) is 0 Å². The Morgan fingerprint density at radius 1 is 1.24 bits per heavy atom. The first kappa shape index (κ1) is 11.6. The smallest absolute Gasteiger partial charge is 0.164 e. The number of hydrogen-bond donors (Lipinski definition) is 0. The van der Waals surface area contributed by atoms with Crippen LogP contribution in [0, 0.1) is 6.92 Å². The van der Waals surface area contributed by atoms with Gasteiger partial charge in [-0.3, -0.25) is 4.79 Å². The van der Waals surface area contributed by atoms with Crippen LogP contribution in [0.4, 0.5) is 0 Å². The highest BCUT2D eigenvalue weighted by atomic mass is 16.1. The van der Waals surface area contributed by atoms with Gasteiger partial charge in [-0.1, -0.05) is 31.2 Å². The van der Waals surface area contributed by atoms with E-state index in [1.807, 2.05) is 37.5 Å². The van der Waals surface area contributed by atoms with Gasteiger partial charge in [-0.15, -0.1) is 0 Å². The molecule has 88 valence electrons. The van der Waals surface area contributed by atoms with Crippen molar-refractivity contribution < 1.29 is 4.79 Å². The SMILES string of the molecule is CCC(=O)c1ccn(Cc2ccccc2C)c1. The molecule has 0 unspecified atom stereocenters. The summed E-state index contributed by atoms with van der Waals surface area (Å²) in [5.74, 6) is 0.202. The lowest BCUT2D eigenvalue weighted by atomic mass is 10.1. The molecule has 0 saturated carbocycles. The predicted molar refractivity (Wildman–Crippen MR) is 69.3 cm³/mol. The van der Waals surface area contributed by atoms with Crippen molar-refractivity contribution in [3.05, 3.63) is 59.4 Å². The number of carbonyl (C=O) groups is 1. The lowest BCUT2D eigenvalue weighted by Gasteiger charge is -2.06. The van der Waals surface area contributed by atoms with E-state index in [1.54, 1.807) is 0 Å². The van der Waals surface area contributed by atoms with Crippen LogP contribution in [0.25, 0.3) is 0 Å². The van der Waals surface area contributed by atoms with Crippen molar-refractivity contribution in [3.63, 3.8) is 0 Å².